The Morgan fingerprint density at radius 1 is 1.23 bits per heavy atom. The van der Waals surface area contributed by atoms with Crippen LogP contribution in [-0.2, 0) is 6.42 Å². The number of benzene rings is 1. The van der Waals surface area contributed by atoms with Crippen LogP contribution >= 0.6 is 12.4 Å². The number of aromatic hydroxyl groups is 1. The molecule has 1 aromatic rings. The molecule has 0 saturated heterocycles. The molecular formula is C10H14ClNO. The van der Waals surface area contributed by atoms with Gasteiger partial charge in [0.1, 0.15) is 5.75 Å². The third kappa shape index (κ3) is 2.07. The highest BCUT2D eigenvalue weighted by molar-refractivity contribution is 5.85. The molecule has 1 heterocycles. The van der Waals surface area contributed by atoms with Crippen molar-refractivity contribution in [1.29, 1.82) is 0 Å². The molecule has 2 nitrogen and oxygen atoms in total. The highest BCUT2D eigenvalue weighted by Gasteiger charge is 2.09. The van der Waals surface area contributed by atoms with Crippen LogP contribution in [-0.4, -0.2) is 11.7 Å². The fourth-order valence-corrected chi connectivity index (χ4v) is 1.65. The zero-order chi connectivity index (χ0) is 8.39. The second kappa shape index (κ2) is 4.38. The third-order valence-corrected chi connectivity index (χ3v) is 2.32. The van der Waals surface area contributed by atoms with Crippen molar-refractivity contribution < 1.29 is 5.11 Å². The quantitative estimate of drug-likeness (QED) is 0.673. The van der Waals surface area contributed by atoms with E-state index in [-0.39, 0.29) is 12.4 Å². The molecule has 3 heteroatoms. The Bertz CT molecular complexity index is 288. The number of anilines is 1. The number of halogens is 1. The van der Waals surface area contributed by atoms with Crippen LogP contribution in [0.15, 0.2) is 18.2 Å². The van der Waals surface area contributed by atoms with Crippen molar-refractivity contribution in [2.45, 2.75) is 19.3 Å². The average Bonchev–Trinajstić information content (AvgIpc) is 2.30. The molecule has 1 aliphatic heterocycles. The molecule has 0 aliphatic carbocycles. The SMILES string of the molecule is Cl.Oc1cccc2c1CCCCN2. The minimum Gasteiger partial charge on any atom is -0.508 e. The molecule has 0 radical (unpaired) electrons. The second-order valence-corrected chi connectivity index (χ2v) is 3.19. The Morgan fingerprint density at radius 3 is 2.92 bits per heavy atom. The summed E-state index contributed by atoms with van der Waals surface area (Å²) in [5.41, 5.74) is 2.18. The Hall–Kier alpha value is -0.890. The molecule has 0 bridgehead atoms. The van der Waals surface area contributed by atoms with Gasteiger partial charge in [0.15, 0.2) is 0 Å². The summed E-state index contributed by atoms with van der Waals surface area (Å²) in [7, 11) is 0. The predicted molar refractivity (Wildman–Crippen MR) is 56.8 cm³/mol. The number of rotatable bonds is 0. The van der Waals surface area contributed by atoms with E-state index >= 15 is 0 Å². The molecule has 0 unspecified atom stereocenters. The summed E-state index contributed by atoms with van der Waals surface area (Å²) in [6.07, 6.45) is 3.35. The summed E-state index contributed by atoms with van der Waals surface area (Å²) in [6.45, 7) is 1.02. The average molecular weight is 200 g/mol. The van der Waals surface area contributed by atoms with Crippen molar-refractivity contribution in [2.75, 3.05) is 11.9 Å². The molecule has 72 valence electrons. The first-order chi connectivity index (χ1) is 5.88. The lowest BCUT2D eigenvalue weighted by Crippen LogP contribution is -1.98. The van der Waals surface area contributed by atoms with Gasteiger partial charge in [-0.15, -0.1) is 12.4 Å². The van der Waals surface area contributed by atoms with Crippen molar-refractivity contribution in [1.82, 2.24) is 0 Å². The fourth-order valence-electron chi connectivity index (χ4n) is 1.65. The molecule has 1 aromatic carbocycles. The molecule has 0 fully saturated rings. The van der Waals surface area contributed by atoms with Gasteiger partial charge in [0.05, 0.1) is 0 Å². The second-order valence-electron chi connectivity index (χ2n) is 3.19. The number of nitrogens with one attached hydrogen (secondary N) is 1. The van der Waals surface area contributed by atoms with Crippen molar-refractivity contribution in [2.24, 2.45) is 0 Å². The molecule has 0 aromatic heterocycles. The summed E-state index contributed by atoms with van der Waals surface area (Å²) in [5.74, 6) is 0.432. The lowest BCUT2D eigenvalue weighted by atomic mass is 10.1. The summed E-state index contributed by atoms with van der Waals surface area (Å²) < 4.78 is 0. The summed E-state index contributed by atoms with van der Waals surface area (Å²) in [6, 6.07) is 5.67. The van der Waals surface area contributed by atoms with Crippen LogP contribution in [0, 0.1) is 0 Å². The maximum Gasteiger partial charge on any atom is 0.120 e. The van der Waals surface area contributed by atoms with E-state index in [0.29, 0.717) is 5.75 Å². The maximum absolute atomic E-state index is 9.54. The predicted octanol–water partition coefficient (Wildman–Crippen LogP) is 2.56. The van der Waals surface area contributed by atoms with Gasteiger partial charge in [0, 0.05) is 17.8 Å². The first-order valence-electron chi connectivity index (χ1n) is 4.42. The minimum absolute atomic E-state index is 0. The molecule has 0 saturated carbocycles. The number of fused-ring (bicyclic) bond motifs is 1. The molecule has 0 amide bonds. The van der Waals surface area contributed by atoms with E-state index in [1.54, 1.807) is 6.07 Å². The fraction of sp³-hybridized carbons (Fsp3) is 0.400. The lowest BCUT2D eigenvalue weighted by molar-refractivity contribution is 0.468. The molecule has 13 heavy (non-hydrogen) atoms. The first-order valence-corrected chi connectivity index (χ1v) is 4.42. The maximum atomic E-state index is 9.54. The monoisotopic (exact) mass is 199 g/mol. The van der Waals surface area contributed by atoms with Gasteiger partial charge in [-0.05, 0) is 31.4 Å². The normalized spacial score (nSPS) is 14.8. The van der Waals surface area contributed by atoms with E-state index in [9.17, 15) is 5.11 Å². The molecule has 2 N–H and O–H groups in total. The van der Waals surface area contributed by atoms with Crippen molar-refractivity contribution >= 4 is 18.1 Å². The van der Waals surface area contributed by atoms with Gasteiger partial charge >= 0.3 is 0 Å². The Labute approximate surface area is 84.4 Å². The van der Waals surface area contributed by atoms with Gasteiger partial charge in [-0.3, -0.25) is 0 Å². The highest BCUT2D eigenvalue weighted by Crippen LogP contribution is 2.28. The highest BCUT2D eigenvalue weighted by atomic mass is 35.5. The molecular weight excluding hydrogens is 186 g/mol. The van der Waals surface area contributed by atoms with Crippen LogP contribution in [0.25, 0.3) is 0 Å². The first kappa shape index (κ1) is 10.2. The number of phenolic OH excluding ortho intramolecular Hbond substituents is 1. The number of hydrogen-bond donors (Lipinski definition) is 2. The van der Waals surface area contributed by atoms with Gasteiger partial charge in [-0.25, -0.2) is 0 Å². The third-order valence-electron chi connectivity index (χ3n) is 2.32. The van der Waals surface area contributed by atoms with Crippen LogP contribution in [0.4, 0.5) is 5.69 Å². The van der Waals surface area contributed by atoms with Gasteiger partial charge in [0.25, 0.3) is 0 Å². The summed E-state index contributed by atoms with van der Waals surface area (Å²) in [5, 5.41) is 12.8. The van der Waals surface area contributed by atoms with Crippen molar-refractivity contribution in [3.8, 4) is 5.75 Å². The van der Waals surface area contributed by atoms with Crippen LogP contribution in [0.1, 0.15) is 18.4 Å². The van der Waals surface area contributed by atoms with Crippen LogP contribution < -0.4 is 5.32 Å². The Balaban J connectivity index is 0.000000845. The zero-order valence-corrected chi connectivity index (χ0v) is 8.23. The van der Waals surface area contributed by atoms with E-state index in [2.05, 4.69) is 5.32 Å². The van der Waals surface area contributed by atoms with Gasteiger partial charge in [-0.2, -0.15) is 0 Å². The van der Waals surface area contributed by atoms with Crippen LogP contribution in [0.2, 0.25) is 0 Å². The van der Waals surface area contributed by atoms with E-state index < -0.39 is 0 Å². The van der Waals surface area contributed by atoms with Crippen LogP contribution in [0.5, 0.6) is 5.75 Å². The van der Waals surface area contributed by atoms with E-state index in [4.69, 9.17) is 0 Å². The Kier molecular flexibility index (Phi) is 3.43. The van der Waals surface area contributed by atoms with Crippen LogP contribution in [0.3, 0.4) is 0 Å². The van der Waals surface area contributed by atoms with E-state index in [0.717, 1.165) is 30.6 Å². The standard InChI is InChI=1S/C10H13NO.ClH/c12-10-6-3-5-9-8(10)4-1-2-7-11-9;/h3,5-6,11-12H,1-2,4,7H2;1H. The summed E-state index contributed by atoms with van der Waals surface area (Å²) in [4.78, 5) is 0. The van der Waals surface area contributed by atoms with Gasteiger partial charge in [0.2, 0.25) is 0 Å². The molecule has 2 rings (SSSR count). The number of hydrogen-bond acceptors (Lipinski definition) is 2. The van der Waals surface area contributed by atoms with E-state index in [1.165, 1.54) is 6.42 Å². The van der Waals surface area contributed by atoms with Crippen molar-refractivity contribution in [3.05, 3.63) is 23.8 Å². The number of phenols is 1. The summed E-state index contributed by atoms with van der Waals surface area (Å²) >= 11 is 0. The molecule has 0 atom stereocenters. The van der Waals surface area contributed by atoms with Crippen molar-refractivity contribution in [3.63, 3.8) is 0 Å². The largest absolute Gasteiger partial charge is 0.508 e. The zero-order valence-electron chi connectivity index (χ0n) is 7.42. The lowest BCUT2D eigenvalue weighted by Gasteiger charge is -2.07. The molecule has 1 aliphatic rings. The Morgan fingerprint density at radius 2 is 2.08 bits per heavy atom. The van der Waals surface area contributed by atoms with Gasteiger partial charge < -0.3 is 10.4 Å². The smallest absolute Gasteiger partial charge is 0.120 e. The minimum atomic E-state index is 0. The van der Waals surface area contributed by atoms with E-state index in [1.807, 2.05) is 12.1 Å². The topological polar surface area (TPSA) is 32.3 Å². The molecule has 0 spiro atoms. The van der Waals surface area contributed by atoms with Gasteiger partial charge in [-0.1, -0.05) is 6.07 Å².